The normalized spacial score (nSPS) is 16.1. The van der Waals surface area contributed by atoms with Crippen molar-refractivity contribution in [2.24, 2.45) is 0 Å². The van der Waals surface area contributed by atoms with E-state index < -0.39 is 10.0 Å². The highest BCUT2D eigenvalue weighted by Crippen LogP contribution is 2.36. The van der Waals surface area contributed by atoms with Crippen molar-refractivity contribution in [2.45, 2.75) is 30.3 Å². The number of anilines is 1. The number of fused-ring (bicyclic) bond motifs is 1. The number of rotatable bonds is 8. The molecule has 3 aromatic rings. The maximum Gasteiger partial charge on any atom is 0.264 e. The van der Waals surface area contributed by atoms with Crippen molar-refractivity contribution in [3.8, 4) is 5.75 Å². The quantitative estimate of drug-likeness (QED) is 0.516. The van der Waals surface area contributed by atoms with Gasteiger partial charge in [-0.1, -0.05) is 42.5 Å². The summed E-state index contributed by atoms with van der Waals surface area (Å²) in [5, 5.41) is 2.96. The lowest BCUT2D eigenvalue weighted by molar-refractivity contribution is 0.0941. The van der Waals surface area contributed by atoms with Crippen LogP contribution >= 0.6 is 0 Å². The molecule has 0 radical (unpaired) electrons. The molecule has 1 aliphatic rings. The van der Waals surface area contributed by atoms with Crippen LogP contribution in [0.1, 0.15) is 34.5 Å². The summed E-state index contributed by atoms with van der Waals surface area (Å²) in [6.07, 6.45) is 0.657. The molecule has 3 aromatic carbocycles. The minimum absolute atomic E-state index is 0.0996. The number of likely N-dealkylation sites (N-methyl/N-ethyl adjacent to an activating group) is 1. The van der Waals surface area contributed by atoms with Gasteiger partial charge in [-0.15, -0.1) is 0 Å². The van der Waals surface area contributed by atoms with Crippen LogP contribution in [-0.4, -0.2) is 53.0 Å². The van der Waals surface area contributed by atoms with E-state index in [1.165, 1.54) is 16.4 Å². The summed E-state index contributed by atoms with van der Waals surface area (Å²) in [6, 6.07) is 21.1. The lowest BCUT2D eigenvalue weighted by atomic mass is 10.0. The largest absolute Gasteiger partial charge is 0.496 e. The van der Waals surface area contributed by atoms with Crippen LogP contribution in [0.15, 0.2) is 77.7 Å². The van der Waals surface area contributed by atoms with Crippen LogP contribution in [0.25, 0.3) is 0 Å². The molecule has 2 atom stereocenters. The summed E-state index contributed by atoms with van der Waals surface area (Å²) in [4.78, 5) is 15.2. The Morgan fingerprint density at radius 2 is 1.80 bits per heavy atom. The second kappa shape index (κ2) is 10.1. The molecule has 8 heteroatoms. The number of nitrogens with one attached hydrogen (secondary N) is 1. The first-order chi connectivity index (χ1) is 16.7. The van der Waals surface area contributed by atoms with Gasteiger partial charge in [0.05, 0.1) is 23.7 Å². The molecule has 0 aliphatic carbocycles. The number of ether oxygens (including phenoxy) is 1. The minimum atomic E-state index is -3.83. The van der Waals surface area contributed by atoms with Crippen molar-refractivity contribution >= 4 is 21.6 Å². The minimum Gasteiger partial charge on any atom is -0.496 e. The highest BCUT2D eigenvalue weighted by molar-refractivity contribution is 7.92. The van der Waals surface area contributed by atoms with Gasteiger partial charge in [0, 0.05) is 23.7 Å². The second-order valence-electron chi connectivity index (χ2n) is 8.94. The number of amides is 1. The third-order valence-electron chi connectivity index (χ3n) is 6.37. The number of benzene rings is 3. The highest BCUT2D eigenvalue weighted by atomic mass is 32.2. The Bertz CT molecular complexity index is 1320. The summed E-state index contributed by atoms with van der Waals surface area (Å²) in [5.74, 6) is 0.409. The zero-order valence-electron chi connectivity index (χ0n) is 20.4. The van der Waals surface area contributed by atoms with Gasteiger partial charge in [-0.3, -0.25) is 9.10 Å². The van der Waals surface area contributed by atoms with E-state index in [-0.39, 0.29) is 22.9 Å². The van der Waals surface area contributed by atoms with E-state index >= 15 is 0 Å². The molecule has 35 heavy (non-hydrogen) atoms. The van der Waals surface area contributed by atoms with Crippen molar-refractivity contribution in [2.75, 3.05) is 32.1 Å². The summed E-state index contributed by atoms with van der Waals surface area (Å²) >= 11 is 0. The van der Waals surface area contributed by atoms with Crippen LogP contribution < -0.4 is 14.4 Å². The van der Waals surface area contributed by atoms with Crippen molar-refractivity contribution in [1.29, 1.82) is 0 Å². The van der Waals surface area contributed by atoms with Crippen LogP contribution in [0.3, 0.4) is 0 Å². The van der Waals surface area contributed by atoms with Crippen molar-refractivity contribution in [3.05, 3.63) is 89.5 Å². The number of carbonyl (C=O) groups is 1. The molecule has 0 spiro atoms. The molecule has 0 unspecified atom stereocenters. The van der Waals surface area contributed by atoms with Gasteiger partial charge >= 0.3 is 0 Å². The molecule has 1 aliphatic heterocycles. The molecule has 1 heterocycles. The Morgan fingerprint density at radius 1 is 1.09 bits per heavy atom. The number of sulfonamides is 1. The standard InChI is InChI=1S/C27H31N3O4S/c1-19-16-20-10-5-7-14-24(20)30(19)35(32,33)22-12-9-11-21(17-22)27(31)28-18-25(29(2)3)23-13-6-8-15-26(23)34-4/h5-15,17,19,25H,16,18H2,1-4H3,(H,28,31)/t19-,25-/m1/s1. The number of nitrogens with zero attached hydrogens (tertiary/aromatic N) is 2. The molecule has 1 N–H and O–H groups in total. The molecule has 184 valence electrons. The van der Waals surface area contributed by atoms with Gasteiger partial charge in [-0.05, 0) is 63.3 Å². The lowest BCUT2D eigenvalue weighted by Gasteiger charge is -2.26. The molecule has 0 aromatic heterocycles. The summed E-state index contributed by atoms with van der Waals surface area (Å²) in [5.41, 5.74) is 2.95. The summed E-state index contributed by atoms with van der Waals surface area (Å²) in [7, 11) is 1.67. The third kappa shape index (κ3) is 4.90. The number of para-hydroxylation sites is 2. The Hall–Kier alpha value is -3.36. The molecule has 0 bridgehead atoms. The summed E-state index contributed by atoms with van der Waals surface area (Å²) < 4.78 is 34.1. The molecule has 4 rings (SSSR count). The van der Waals surface area contributed by atoms with Gasteiger partial charge in [0.2, 0.25) is 0 Å². The van der Waals surface area contributed by atoms with Crippen LogP contribution in [0.4, 0.5) is 5.69 Å². The molecular formula is C27H31N3O4S. The number of carbonyl (C=O) groups excluding carboxylic acids is 1. The smallest absolute Gasteiger partial charge is 0.264 e. The maximum absolute atomic E-state index is 13.6. The third-order valence-corrected chi connectivity index (χ3v) is 8.30. The molecule has 7 nitrogen and oxygen atoms in total. The van der Waals surface area contributed by atoms with Crippen molar-refractivity contribution < 1.29 is 17.9 Å². The van der Waals surface area contributed by atoms with Crippen LogP contribution in [0.5, 0.6) is 5.75 Å². The van der Waals surface area contributed by atoms with E-state index in [2.05, 4.69) is 5.32 Å². The number of methoxy groups -OCH3 is 1. The van der Waals surface area contributed by atoms with E-state index in [4.69, 9.17) is 4.74 Å². The monoisotopic (exact) mass is 493 g/mol. The molecular weight excluding hydrogens is 462 g/mol. The van der Waals surface area contributed by atoms with E-state index in [0.29, 0.717) is 24.2 Å². The van der Waals surface area contributed by atoms with E-state index in [0.717, 1.165) is 16.9 Å². The zero-order chi connectivity index (χ0) is 25.2. The fraction of sp³-hybridized carbons (Fsp3) is 0.296. The maximum atomic E-state index is 13.6. The van der Waals surface area contributed by atoms with Crippen LogP contribution in [0.2, 0.25) is 0 Å². The van der Waals surface area contributed by atoms with Gasteiger partial charge in [0.15, 0.2) is 0 Å². The van der Waals surface area contributed by atoms with Gasteiger partial charge in [-0.2, -0.15) is 0 Å². The average Bonchev–Trinajstić information content (AvgIpc) is 3.20. The first-order valence-electron chi connectivity index (χ1n) is 11.5. The van der Waals surface area contributed by atoms with Crippen molar-refractivity contribution in [3.63, 3.8) is 0 Å². The van der Waals surface area contributed by atoms with Gasteiger partial charge in [0.25, 0.3) is 15.9 Å². The van der Waals surface area contributed by atoms with E-state index in [9.17, 15) is 13.2 Å². The highest BCUT2D eigenvalue weighted by Gasteiger charge is 2.36. The van der Waals surface area contributed by atoms with E-state index in [1.54, 1.807) is 19.2 Å². The number of hydrogen-bond donors (Lipinski definition) is 1. The van der Waals surface area contributed by atoms with Gasteiger partial charge < -0.3 is 15.0 Å². The van der Waals surface area contributed by atoms with Crippen LogP contribution in [-0.2, 0) is 16.4 Å². The molecule has 1 amide bonds. The predicted molar refractivity (Wildman–Crippen MR) is 137 cm³/mol. The molecule has 0 saturated carbocycles. The zero-order valence-corrected chi connectivity index (χ0v) is 21.2. The second-order valence-corrected chi connectivity index (χ2v) is 10.8. The Labute approximate surface area is 207 Å². The van der Waals surface area contributed by atoms with Crippen molar-refractivity contribution in [1.82, 2.24) is 10.2 Å². The molecule has 0 saturated heterocycles. The van der Waals surface area contributed by atoms with Gasteiger partial charge in [0.1, 0.15) is 5.75 Å². The topological polar surface area (TPSA) is 78.9 Å². The fourth-order valence-corrected chi connectivity index (χ4v) is 6.36. The lowest BCUT2D eigenvalue weighted by Crippen LogP contribution is -2.36. The first kappa shape index (κ1) is 24.8. The van der Waals surface area contributed by atoms with E-state index in [1.807, 2.05) is 74.4 Å². The first-order valence-corrected chi connectivity index (χ1v) is 13.0. The SMILES string of the molecule is COc1ccccc1[C@@H](CNC(=O)c1cccc(S(=O)(=O)N2c3ccccc3C[C@H]2C)c1)N(C)C. The number of hydrogen-bond acceptors (Lipinski definition) is 5. The van der Waals surface area contributed by atoms with Gasteiger partial charge in [-0.25, -0.2) is 8.42 Å². The molecule has 0 fully saturated rings. The predicted octanol–water partition coefficient (Wildman–Crippen LogP) is 3.87. The fourth-order valence-electron chi connectivity index (χ4n) is 4.62. The Balaban J connectivity index is 1.55. The summed E-state index contributed by atoms with van der Waals surface area (Å²) in [6.45, 7) is 2.23. The Morgan fingerprint density at radius 3 is 2.54 bits per heavy atom. The average molecular weight is 494 g/mol. The van der Waals surface area contributed by atoms with Crippen LogP contribution in [0, 0.1) is 0 Å². The Kier molecular flexibility index (Phi) is 7.14.